The van der Waals surface area contributed by atoms with Gasteiger partial charge in [0, 0.05) is 18.0 Å². The van der Waals surface area contributed by atoms with Crippen LogP contribution in [-0.2, 0) is 9.53 Å². The number of furan rings is 1. The highest BCUT2D eigenvalue weighted by molar-refractivity contribution is 6.29. The molecule has 1 aromatic heterocycles. The van der Waals surface area contributed by atoms with E-state index in [1.54, 1.807) is 24.3 Å². The van der Waals surface area contributed by atoms with Gasteiger partial charge in [-0.2, -0.15) is 0 Å². The third-order valence-electron chi connectivity index (χ3n) is 3.43. The van der Waals surface area contributed by atoms with Crippen LogP contribution in [0.25, 0.3) is 0 Å². The number of anilines is 2. The molecule has 2 amide bonds. The molecule has 0 radical (unpaired) electrons. The summed E-state index contributed by atoms with van der Waals surface area (Å²) in [7, 11) is 0. The second-order valence-electron chi connectivity index (χ2n) is 5.13. The minimum Gasteiger partial charge on any atom is -0.440 e. The summed E-state index contributed by atoms with van der Waals surface area (Å²) in [4.78, 5) is 23.8. The van der Waals surface area contributed by atoms with E-state index in [9.17, 15) is 9.59 Å². The summed E-state index contributed by atoms with van der Waals surface area (Å²) in [6.45, 7) is 0.625. The molecule has 23 heavy (non-hydrogen) atoms. The third kappa shape index (κ3) is 3.91. The molecule has 1 saturated heterocycles. The second kappa shape index (κ2) is 6.85. The van der Waals surface area contributed by atoms with Gasteiger partial charge in [0.15, 0.2) is 11.0 Å². The van der Waals surface area contributed by atoms with Gasteiger partial charge in [0.2, 0.25) is 0 Å². The molecule has 2 heterocycles. The summed E-state index contributed by atoms with van der Waals surface area (Å²) in [6.07, 6.45) is 1.27. The molecular weight excluding hydrogens is 320 g/mol. The average Bonchev–Trinajstić information content (AvgIpc) is 3.20. The molecule has 7 heteroatoms. The topological polar surface area (TPSA) is 80.6 Å². The molecule has 3 rings (SSSR count). The molecular formula is C16H15ClN2O4. The van der Waals surface area contributed by atoms with Crippen LogP contribution in [0.1, 0.15) is 23.4 Å². The number of amides is 2. The van der Waals surface area contributed by atoms with Crippen molar-refractivity contribution in [2.75, 3.05) is 17.2 Å². The Morgan fingerprint density at radius 3 is 2.30 bits per heavy atom. The molecule has 1 aliphatic heterocycles. The fraction of sp³-hybridized carbons (Fsp3) is 0.250. The van der Waals surface area contributed by atoms with E-state index in [-0.39, 0.29) is 23.0 Å². The number of benzene rings is 1. The molecule has 1 aromatic carbocycles. The van der Waals surface area contributed by atoms with Crippen molar-refractivity contribution in [2.45, 2.75) is 18.9 Å². The summed E-state index contributed by atoms with van der Waals surface area (Å²) in [6, 6.07) is 9.78. The average molecular weight is 335 g/mol. The zero-order valence-electron chi connectivity index (χ0n) is 12.2. The quantitative estimate of drug-likeness (QED) is 0.899. The first-order chi connectivity index (χ1) is 11.1. The minimum atomic E-state index is -0.395. The van der Waals surface area contributed by atoms with Crippen LogP contribution in [0.2, 0.25) is 5.22 Å². The van der Waals surface area contributed by atoms with Crippen LogP contribution in [0.4, 0.5) is 11.4 Å². The second-order valence-corrected chi connectivity index (χ2v) is 5.50. The molecule has 0 aliphatic carbocycles. The first-order valence-electron chi connectivity index (χ1n) is 7.21. The predicted molar refractivity (Wildman–Crippen MR) is 85.7 cm³/mol. The van der Waals surface area contributed by atoms with Crippen LogP contribution in [0.15, 0.2) is 40.8 Å². The molecule has 1 fully saturated rings. The van der Waals surface area contributed by atoms with Gasteiger partial charge in [-0.1, -0.05) is 0 Å². The Hall–Kier alpha value is -2.31. The lowest BCUT2D eigenvalue weighted by Gasteiger charge is -2.11. The van der Waals surface area contributed by atoms with E-state index in [0.717, 1.165) is 12.8 Å². The van der Waals surface area contributed by atoms with Crippen LogP contribution >= 0.6 is 11.6 Å². The minimum absolute atomic E-state index is 0.130. The number of halogens is 1. The molecule has 1 atom stereocenters. The Kier molecular flexibility index (Phi) is 4.64. The number of hydrogen-bond donors (Lipinski definition) is 2. The van der Waals surface area contributed by atoms with Crippen molar-refractivity contribution in [1.29, 1.82) is 0 Å². The molecule has 0 spiro atoms. The zero-order chi connectivity index (χ0) is 16.2. The lowest BCUT2D eigenvalue weighted by molar-refractivity contribution is -0.124. The molecule has 1 aliphatic rings. The first kappa shape index (κ1) is 15.6. The fourth-order valence-electron chi connectivity index (χ4n) is 2.27. The van der Waals surface area contributed by atoms with Gasteiger partial charge in [0.1, 0.15) is 6.10 Å². The largest absolute Gasteiger partial charge is 0.440 e. The van der Waals surface area contributed by atoms with Crippen LogP contribution in [-0.4, -0.2) is 24.5 Å². The lowest BCUT2D eigenvalue weighted by atomic mass is 10.2. The molecule has 6 nitrogen and oxygen atoms in total. The van der Waals surface area contributed by atoms with E-state index in [2.05, 4.69) is 10.6 Å². The van der Waals surface area contributed by atoms with Gasteiger partial charge in [-0.3, -0.25) is 9.59 Å². The lowest BCUT2D eigenvalue weighted by Crippen LogP contribution is -2.26. The molecule has 0 saturated carbocycles. The van der Waals surface area contributed by atoms with Crippen molar-refractivity contribution in [3.63, 3.8) is 0 Å². The van der Waals surface area contributed by atoms with Crippen LogP contribution in [0, 0.1) is 0 Å². The van der Waals surface area contributed by atoms with Crippen LogP contribution < -0.4 is 10.6 Å². The zero-order valence-corrected chi connectivity index (χ0v) is 12.9. The maximum Gasteiger partial charge on any atom is 0.291 e. The number of nitrogens with one attached hydrogen (secondary N) is 2. The van der Waals surface area contributed by atoms with Gasteiger partial charge in [0.05, 0.1) is 0 Å². The van der Waals surface area contributed by atoms with Crippen LogP contribution in [0.5, 0.6) is 0 Å². The van der Waals surface area contributed by atoms with Gasteiger partial charge >= 0.3 is 0 Å². The Bertz CT molecular complexity index is 705. The highest BCUT2D eigenvalue weighted by Crippen LogP contribution is 2.19. The fourth-order valence-corrected chi connectivity index (χ4v) is 2.42. The van der Waals surface area contributed by atoms with E-state index in [1.165, 1.54) is 12.1 Å². The third-order valence-corrected chi connectivity index (χ3v) is 3.63. The first-order valence-corrected chi connectivity index (χ1v) is 7.59. The molecule has 2 N–H and O–H groups in total. The van der Waals surface area contributed by atoms with Crippen molar-refractivity contribution >= 4 is 34.8 Å². The van der Waals surface area contributed by atoms with Gasteiger partial charge in [0.25, 0.3) is 11.8 Å². The van der Waals surface area contributed by atoms with E-state index in [1.807, 2.05) is 0 Å². The van der Waals surface area contributed by atoms with Crippen molar-refractivity contribution in [2.24, 2.45) is 0 Å². The molecule has 0 bridgehead atoms. The van der Waals surface area contributed by atoms with Crippen molar-refractivity contribution in [1.82, 2.24) is 0 Å². The Labute approximate surface area is 137 Å². The van der Waals surface area contributed by atoms with Crippen molar-refractivity contribution in [3.8, 4) is 0 Å². The Morgan fingerprint density at radius 1 is 1.04 bits per heavy atom. The van der Waals surface area contributed by atoms with E-state index >= 15 is 0 Å². The number of hydrogen-bond acceptors (Lipinski definition) is 4. The van der Waals surface area contributed by atoms with Gasteiger partial charge in [-0.25, -0.2) is 0 Å². The summed E-state index contributed by atoms with van der Waals surface area (Å²) in [5.41, 5.74) is 1.22. The van der Waals surface area contributed by atoms with Crippen LogP contribution in [0.3, 0.4) is 0 Å². The number of carbonyl (C=O) groups is 2. The molecule has 1 unspecified atom stereocenters. The number of carbonyl (C=O) groups excluding carboxylic acids is 2. The maximum absolute atomic E-state index is 11.9. The highest BCUT2D eigenvalue weighted by Gasteiger charge is 2.23. The predicted octanol–water partition coefficient (Wildman–Crippen LogP) is 3.30. The van der Waals surface area contributed by atoms with Crippen molar-refractivity contribution in [3.05, 3.63) is 47.4 Å². The van der Waals surface area contributed by atoms with Gasteiger partial charge in [-0.05, 0) is 60.8 Å². The number of rotatable bonds is 4. The van der Waals surface area contributed by atoms with E-state index in [0.29, 0.717) is 18.0 Å². The van der Waals surface area contributed by atoms with E-state index in [4.69, 9.17) is 20.8 Å². The summed E-state index contributed by atoms with van der Waals surface area (Å²) in [5, 5.41) is 5.62. The number of ether oxygens (including phenoxy) is 1. The molecule has 120 valence electrons. The van der Waals surface area contributed by atoms with Crippen molar-refractivity contribution < 1.29 is 18.7 Å². The summed E-state index contributed by atoms with van der Waals surface area (Å²) >= 11 is 5.63. The smallest absolute Gasteiger partial charge is 0.291 e. The standard InChI is InChI=1S/C16H15ClN2O4/c17-14-8-7-13(23-14)16(21)19-11-5-3-10(4-6-11)18-15(20)12-2-1-9-22-12/h3-8,12H,1-2,9H2,(H,18,20)(H,19,21). The Balaban J connectivity index is 1.58. The highest BCUT2D eigenvalue weighted by atomic mass is 35.5. The molecule has 2 aromatic rings. The van der Waals surface area contributed by atoms with E-state index < -0.39 is 5.91 Å². The summed E-state index contributed by atoms with van der Waals surface area (Å²) in [5.74, 6) is -0.414. The van der Waals surface area contributed by atoms with Gasteiger partial charge < -0.3 is 19.8 Å². The Morgan fingerprint density at radius 2 is 1.74 bits per heavy atom. The maximum atomic E-state index is 11.9. The monoisotopic (exact) mass is 334 g/mol. The normalized spacial score (nSPS) is 17.0. The SMILES string of the molecule is O=C(Nc1ccc(NC(=O)C2CCCO2)cc1)c1ccc(Cl)o1. The van der Waals surface area contributed by atoms with Gasteiger partial charge in [-0.15, -0.1) is 0 Å². The summed E-state index contributed by atoms with van der Waals surface area (Å²) < 4.78 is 10.4.